The summed E-state index contributed by atoms with van der Waals surface area (Å²) in [6.45, 7) is 0. The number of alkyl halides is 1. The predicted molar refractivity (Wildman–Crippen MR) is 67.5 cm³/mol. The van der Waals surface area contributed by atoms with Crippen LogP contribution < -0.4 is 0 Å². The van der Waals surface area contributed by atoms with Gasteiger partial charge in [-0.05, 0) is 44.2 Å². The van der Waals surface area contributed by atoms with Gasteiger partial charge < -0.3 is 0 Å². The Kier molecular flexibility index (Phi) is 3.11. The highest BCUT2D eigenvalue weighted by Gasteiger charge is 2.06. The van der Waals surface area contributed by atoms with Crippen molar-refractivity contribution in [3.63, 3.8) is 0 Å². The van der Waals surface area contributed by atoms with Gasteiger partial charge in [-0.2, -0.15) is 0 Å². The molecule has 0 saturated carbocycles. The molecule has 0 amide bonds. The van der Waals surface area contributed by atoms with Crippen LogP contribution in [0.15, 0.2) is 34.2 Å². The molecule has 0 spiro atoms. The van der Waals surface area contributed by atoms with E-state index in [0.29, 0.717) is 11.0 Å². The van der Waals surface area contributed by atoms with Crippen LogP contribution in [0.5, 0.6) is 0 Å². The van der Waals surface area contributed by atoms with E-state index in [1.807, 2.05) is 6.07 Å². The lowest BCUT2D eigenvalue weighted by Gasteiger charge is -2.04. The number of aromatic nitrogens is 1. The SMILES string of the molecule is O=Nc1cc2cncc(Br)c2cc1CBr. The van der Waals surface area contributed by atoms with Crippen molar-refractivity contribution in [2.24, 2.45) is 5.18 Å². The molecule has 0 fully saturated rings. The Morgan fingerprint density at radius 2 is 2.13 bits per heavy atom. The summed E-state index contributed by atoms with van der Waals surface area (Å²) >= 11 is 6.75. The molecule has 0 radical (unpaired) electrons. The third-order valence-corrected chi connectivity index (χ3v) is 3.39. The summed E-state index contributed by atoms with van der Waals surface area (Å²) in [6, 6.07) is 3.68. The second kappa shape index (κ2) is 4.37. The highest BCUT2D eigenvalue weighted by Crippen LogP contribution is 2.31. The summed E-state index contributed by atoms with van der Waals surface area (Å²) in [4.78, 5) is 14.7. The molecule has 1 aromatic heterocycles. The summed E-state index contributed by atoms with van der Waals surface area (Å²) < 4.78 is 0.916. The number of benzene rings is 1. The number of nitrogens with zero attached hydrogens (tertiary/aromatic N) is 2. The van der Waals surface area contributed by atoms with Gasteiger partial charge in [0.1, 0.15) is 5.69 Å². The maximum Gasteiger partial charge on any atom is 0.112 e. The maximum atomic E-state index is 10.6. The summed E-state index contributed by atoms with van der Waals surface area (Å²) in [5.41, 5.74) is 1.34. The van der Waals surface area contributed by atoms with Crippen LogP contribution in [0.25, 0.3) is 10.8 Å². The first kappa shape index (κ1) is 10.7. The van der Waals surface area contributed by atoms with Crippen LogP contribution in [0.2, 0.25) is 0 Å². The molecule has 15 heavy (non-hydrogen) atoms. The molecule has 0 saturated heterocycles. The van der Waals surface area contributed by atoms with Crippen molar-refractivity contribution in [2.75, 3.05) is 0 Å². The lowest BCUT2D eigenvalue weighted by molar-refractivity contribution is 1.33. The lowest BCUT2D eigenvalue weighted by atomic mass is 10.1. The number of hydrogen-bond acceptors (Lipinski definition) is 3. The normalized spacial score (nSPS) is 10.5. The number of rotatable bonds is 2. The van der Waals surface area contributed by atoms with Gasteiger partial charge in [-0.25, -0.2) is 0 Å². The van der Waals surface area contributed by atoms with Gasteiger partial charge in [0.25, 0.3) is 0 Å². The molecule has 0 N–H and O–H groups in total. The van der Waals surface area contributed by atoms with Crippen molar-refractivity contribution >= 4 is 48.3 Å². The zero-order valence-corrected chi connectivity index (χ0v) is 10.7. The molecule has 2 rings (SSSR count). The highest BCUT2D eigenvalue weighted by molar-refractivity contribution is 9.10. The fourth-order valence-electron chi connectivity index (χ4n) is 1.41. The average molecular weight is 330 g/mol. The number of hydrogen-bond donors (Lipinski definition) is 0. The average Bonchev–Trinajstić information content (AvgIpc) is 2.28. The molecule has 0 aliphatic carbocycles. The Labute approximate surface area is 103 Å². The van der Waals surface area contributed by atoms with E-state index in [4.69, 9.17) is 0 Å². The van der Waals surface area contributed by atoms with Crippen LogP contribution in [0.1, 0.15) is 5.56 Å². The minimum Gasteiger partial charge on any atom is -0.263 e. The third kappa shape index (κ3) is 1.94. The van der Waals surface area contributed by atoms with Gasteiger partial charge in [-0.1, -0.05) is 15.9 Å². The summed E-state index contributed by atoms with van der Waals surface area (Å²) in [6.07, 6.45) is 3.45. The van der Waals surface area contributed by atoms with Crippen molar-refractivity contribution in [3.8, 4) is 0 Å². The second-order valence-electron chi connectivity index (χ2n) is 3.05. The fraction of sp³-hybridized carbons (Fsp3) is 0.100. The fourth-order valence-corrected chi connectivity index (χ4v) is 2.32. The van der Waals surface area contributed by atoms with Crippen LogP contribution in [0, 0.1) is 4.91 Å². The van der Waals surface area contributed by atoms with Gasteiger partial charge in [-0.3, -0.25) is 4.98 Å². The quantitative estimate of drug-likeness (QED) is 0.609. The first-order valence-electron chi connectivity index (χ1n) is 4.21. The zero-order valence-electron chi connectivity index (χ0n) is 7.58. The Balaban J connectivity index is 2.81. The van der Waals surface area contributed by atoms with E-state index in [-0.39, 0.29) is 0 Å². The second-order valence-corrected chi connectivity index (χ2v) is 4.46. The minimum absolute atomic E-state index is 0.458. The van der Waals surface area contributed by atoms with E-state index in [1.54, 1.807) is 18.5 Å². The molecule has 1 heterocycles. The van der Waals surface area contributed by atoms with Gasteiger partial charge >= 0.3 is 0 Å². The van der Waals surface area contributed by atoms with E-state index in [0.717, 1.165) is 20.8 Å². The molecule has 0 aliphatic rings. The summed E-state index contributed by atoms with van der Waals surface area (Å²) in [7, 11) is 0. The molecule has 0 aliphatic heterocycles. The number of halogens is 2. The maximum absolute atomic E-state index is 10.6. The van der Waals surface area contributed by atoms with Gasteiger partial charge in [0.15, 0.2) is 0 Å². The van der Waals surface area contributed by atoms with Crippen LogP contribution in [0.3, 0.4) is 0 Å². The molecule has 76 valence electrons. The van der Waals surface area contributed by atoms with E-state index in [9.17, 15) is 4.91 Å². The lowest BCUT2D eigenvalue weighted by Crippen LogP contribution is -1.83. The molecule has 2 aromatic rings. The molecule has 1 aromatic carbocycles. The van der Waals surface area contributed by atoms with E-state index in [1.165, 1.54) is 0 Å². The largest absolute Gasteiger partial charge is 0.263 e. The molecular weight excluding hydrogens is 324 g/mol. The van der Waals surface area contributed by atoms with Crippen molar-refractivity contribution in [1.82, 2.24) is 4.98 Å². The van der Waals surface area contributed by atoms with Gasteiger partial charge in [0.05, 0.1) is 0 Å². The van der Waals surface area contributed by atoms with Crippen molar-refractivity contribution in [2.45, 2.75) is 5.33 Å². The Morgan fingerprint density at radius 1 is 1.33 bits per heavy atom. The van der Waals surface area contributed by atoms with E-state index < -0.39 is 0 Å². The molecule has 5 heteroatoms. The summed E-state index contributed by atoms with van der Waals surface area (Å²) in [5.74, 6) is 0. The zero-order chi connectivity index (χ0) is 10.8. The van der Waals surface area contributed by atoms with Crippen LogP contribution in [0.4, 0.5) is 5.69 Å². The monoisotopic (exact) mass is 328 g/mol. The minimum atomic E-state index is 0.458. The molecule has 0 unspecified atom stereocenters. The standard InChI is InChI=1S/C10H6Br2N2O/c11-3-6-1-8-7(2-10(6)14-15)4-13-5-9(8)12/h1-2,4-5H,3H2. The van der Waals surface area contributed by atoms with Crippen molar-refractivity contribution in [3.05, 3.63) is 39.5 Å². The smallest absolute Gasteiger partial charge is 0.112 e. The molecule has 0 atom stereocenters. The van der Waals surface area contributed by atoms with Crippen LogP contribution >= 0.6 is 31.9 Å². The van der Waals surface area contributed by atoms with E-state index in [2.05, 4.69) is 42.0 Å². The summed E-state index contributed by atoms with van der Waals surface area (Å²) in [5, 5.41) is 5.55. The van der Waals surface area contributed by atoms with E-state index >= 15 is 0 Å². The molecular formula is C10H6Br2N2O. The first-order valence-corrected chi connectivity index (χ1v) is 6.13. The van der Waals surface area contributed by atoms with Crippen LogP contribution in [-0.4, -0.2) is 4.98 Å². The van der Waals surface area contributed by atoms with Gasteiger partial charge in [0.2, 0.25) is 0 Å². The first-order chi connectivity index (χ1) is 7.26. The Hall–Kier alpha value is -0.810. The predicted octanol–water partition coefficient (Wildman–Crippen LogP) is 4.29. The molecule has 0 bridgehead atoms. The topological polar surface area (TPSA) is 42.3 Å². The Morgan fingerprint density at radius 3 is 2.80 bits per heavy atom. The van der Waals surface area contributed by atoms with Gasteiger partial charge in [-0.15, -0.1) is 4.91 Å². The number of nitroso groups, excluding NO2 is 1. The highest BCUT2D eigenvalue weighted by atomic mass is 79.9. The molecule has 3 nitrogen and oxygen atoms in total. The van der Waals surface area contributed by atoms with Crippen molar-refractivity contribution < 1.29 is 0 Å². The number of pyridine rings is 1. The Bertz CT molecular complexity index is 528. The third-order valence-electron chi connectivity index (χ3n) is 2.15. The van der Waals surface area contributed by atoms with Gasteiger partial charge in [0, 0.05) is 27.6 Å². The van der Waals surface area contributed by atoms with Crippen molar-refractivity contribution in [1.29, 1.82) is 0 Å². The number of fused-ring (bicyclic) bond motifs is 1. The van der Waals surface area contributed by atoms with Crippen LogP contribution in [-0.2, 0) is 5.33 Å².